The molecule has 0 aliphatic rings. The van der Waals surface area contributed by atoms with E-state index in [4.69, 9.17) is 5.11 Å². The molecule has 0 saturated carbocycles. The average Bonchev–Trinajstić information content (AvgIpc) is 2.17. The number of hydrogen-bond donors (Lipinski definition) is 2. The average molecular weight is 211 g/mol. The maximum Gasteiger partial charge on any atom is 0.252 e. The lowest BCUT2D eigenvalue weighted by molar-refractivity contribution is 0.289. The molecule has 0 bridgehead atoms. The highest BCUT2D eigenvalue weighted by atomic mass is 16.3. The Morgan fingerprint density at radius 2 is 2.33 bits per heavy atom. The first-order valence-electron chi connectivity index (χ1n) is 5.11. The van der Waals surface area contributed by atoms with E-state index in [2.05, 4.69) is 9.97 Å². The van der Waals surface area contributed by atoms with Gasteiger partial charge in [-0.1, -0.05) is 0 Å². The topological polar surface area (TPSA) is 69.2 Å². The summed E-state index contributed by atoms with van der Waals surface area (Å²) in [6.45, 7) is 5.39. The van der Waals surface area contributed by atoms with Gasteiger partial charge in [0.15, 0.2) is 0 Å². The van der Waals surface area contributed by atoms with E-state index in [0.717, 1.165) is 6.54 Å². The third-order valence-electron chi connectivity index (χ3n) is 2.14. The molecule has 1 aromatic heterocycles. The van der Waals surface area contributed by atoms with Gasteiger partial charge in [-0.3, -0.25) is 4.79 Å². The summed E-state index contributed by atoms with van der Waals surface area (Å²) in [5, 5.41) is 8.75. The van der Waals surface area contributed by atoms with Crippen molar-refractivity contribution in [3.63, 3.8) is 0 Å². The van der Waals surface area contributed by atoms with E-state index in [0.29, 0.717) is 24.6 Å². The van der Waals surface area contributed by atoms with E-state index in [1.807, 2.05) is 11.8 Å². The lowest BCUT2D eigenvalue weighted by Crippen LogP contribution is -2.27. The van der Waals surface area contributed by atoms with Crippen LogP contribution in [-0.2, 0) is 0 Å². The van der Waals surface area contributed by atoms with Crippen molar-refractivity contribution in [1.29, 1.82) is 0 Å². The minimum atomic E-state index is -0.139. The molecule has 0 saturated heterocycles. The van der Waals surface area contributed by atoms with Crippen LogP contribution in [0.3, 0.4) is 0 Å². The van der Waals surface area contributed by atoms with Crippen molar-refractivity contribution in [3.05, 3.63) is 22.2 Å². The van der Waals surface area contributed by atoms with E-state index in [9.17, 15) is 4.79 Å². The second kappa shape index (κ2) is 5.50. The smallest absolute Gasteiger partial charge is 0.252 e. The van der Waals surface area contributed by atoms with Crippen molar-refractivity contribution in [3.8, 4) is 0 Å². The van der Waals surface area contributed by atoms with Crippen LogP contribution in [-0.4, -0.2) is 34.8 Å². The minimum Gasteiger partial charge on any atom is -0.396 e. The second-order valence-corrected chi connectivity index (χ2v) is 3.35. The van der Waals surface area contributed by atoms with Gasteiger partial charge in [-0.05, 0) is 20.3 Å². The summed E-state index contributed by atoms with van der Waals surface area (Å²) in [5.74, 6) is 1.28. The zero-order chi connectivity index (χ0) is 11.3. The predicted octanol–water partition coefficient (Wildman–Crippen LogP) is 0.287. The van der Waals surface area contributed by atoms with Crippen molar-refractivity contribution >= 4 is 5.82 Å². The Morgan fingerprint density at radius 1 is 1.60 bits per heavy atom. The van der Waals surface area contributed by atoms with E-state index in [1.165, 1.54) is 6.07 Å². The summed E-state index contributed by atoms with van der Waals surface area (Å²) in [6, 6.07) is 1.48. The van der Waals surface area contributed by atoms with E-state index < -0.39 is 0 Å². The summed E-state index contributed by atoms with van der Waals surface area (Å²) >= 11 is 0. The first-order chi connectivity index (χ1) is 7.17. The molecule has 0 spiro atoms. The lowest BCUT2D eigenvalue weighted by Gasteiger charge is -2.21. The number of anilines is 1. The first-order valence-corrected chi connectivity index (χ1v) is 5.11. The largest absolute Gasteiger partial charge is 0.396 e. The maximum atomic E-state index is 11.2. The Bertz CT molecular complexity index is 362. The fraction of sp³-hybridized carbons (Fsp3) is 0.600. The standard InChI is InChI=1S/C10H17N3O2/c1-3-13(5-4-6-14)9-7-10(15)12-8(2)11-9/h7,14H,3-6H2,1-2H3,(H,11,12,15). The van der Waals surface area contributed by atoms with Gasteiger partial charge in [-0.2, -0.15) is 0 Å². The Balaban J connectivity index is 2.86. The summed E-state index contributed by atoms with van der Waals surface area (Å²) < 4.78 is 0. The first kappa shape index (κ1) is 11.7. The monoisotopic (exact) mass is 211 g/mol. The zero-order valence-electron chi connectivity index (χ0n) is 9.16. The van der Waals surface area contributed by atoms with E-state index in [1.54, 1.807) is 6.92 Å². The molecule has 1 aromatic rings. The molecule has 0 amide bonds. The minimum absolute atomic E-state index is 0.139. The fourth-order valence-corrected chi connectivity index (χ4v) is 1.42. The third kappa shape index (κ3) is 3.36. The van der Waals surface area contributed by atoms with Crippen LogP contribution >= 0.6 is 0 Å². The van der Waals surface area contributed by atoms with Crippen LogP contribution in [0, 0.1) is 6.92 Å². The van der Waals surface area contributed by atoms with Crippen LogP contribution < -0.4 is 10.5 Å². The van der Waals surface area contributed by atoms with E-state index >= 15 is 0 Å². The summed E-state index contributed by atoms with van der Waals surface area (Å²) in [6.07, 6.45) is 0.682. The lowest BCUT2D eigenvalue weighted by atomic mass is 10.3. The van der Waals surface area contributed by atoms with Gasteiger partial charge in [0.25, 0.3) is 5.56 Å². The number of rotatable bonds is 5. The molecule has 2 N–H and O–H groups in total. The maximum absolute atomic E-state index is 11.2. The molecule has 1 heterocycles. The van der Waals surface area contributed by atoms with Gasteiger partial charge >= 0.3 is 0 Å². The van der Waals surface area contributed by atoms with Crippen LogP contribution in [0.4, 0.5) is 5.82 Å². The summed E-state index contributed by atoms with van der Waals surface area (Å²) in [4.78, 5) is 20.1. The SMILES string of the molecule is CCN(CCCO)c1cc(=O)[nH]c(C)n1. The highest BCUT2D eigenvalue weighted by molar-refractivity contribution is 5.36. The predicted molar refractivity (Wildman–Crippen MR) is 59.2 cm³/mol. The zero-order valence-corrected chi connectivity index (χ0v) is 9.16. The quantitative estimate of drug-likeness (QED) is 0.734. The van der Waals surface area contributed by atoms with Crippen molar-refractivity contribution in [2.45, 2.75) is 20.3 Å². The van der Waals surface area contributed by atoms with Gasteiger partial charge in [0.05, 0.1) is 0 Å². The molecular weight excluding hydrogens is 194 g/mol. The number of aliphatic hydroxyl groups excluding tert-OH is 1. The van der Waals surface area contributed by atoms with Crippen LogP contribution in [0.15, 0.2) is 10.9 Å². The highest BCUT2D eigenvalue weighted by Crippen LogP contribution is 2.07. The van der Waals surface area contributed by atoms with Gasteiger partial charge in [-0.15, -0.1) is 0 Å². The number of nitrogens with zero attached hydrogens (tertiary/aromatic N) is 2. The Morgan fingerprint density at radius 3 is 2.87 bits per heavy atom. The molecule has 1 rings (SSSR count). The highest BCUT2D eigenvalue weighted by Gasteiger charge is 2.06. The molecule has 0 aromatic carbocycles. The molecule has 0 atom stereocenters. The number of hydrogen-bond acceptors (Lipinski definition) is 4. The third-order valence-corrected chi connectivity index (χ3v) is 2.14. The van der Waals surface area contributed by atoms with E-state index in [-0.39, 0.29) is 12.2 Å². The van der Waals surface area contributed by atoms with Crippen LogP contribution in [0.1, 0.15) is 19.2 Å². The van der Waals surface area contributed by atoms with Gasteiger partial charge in [0.1, 0.15) is 11.6 Å². The van der Waals surface area contributed by atoms with Crippen LogP contribution in [0.25, 0.3) is 0 Å². The molecule has 0 aliphatic heterocycles. The van der Waals surface area contributed by atoms with Crippen molar-refractivity contribution in [2.24, 2.45) is 0 Å². The Hall–Kier alpha value is -1.36. The molecule has 0 radical (unpaired) electrons. The molecule has 0 fully saturated rings. The molecule has 5 nitrogen and oxygen atoms in total. The number of aromatic amines is 1. The molecular formula is C10H17N3O2. The number of nitrogens with one attached hydrogen (secondary N) is 1. The Kier molecular flexibility index (Phi) is 4.30. The van der Waals surface area contributed by atoms with Gasteiger partial charge in [-0.25, -0.2) is 4.98 Å². The number of aryl methyl sites for hydroxylation is 1. The second-order valence-electron chi connectivity index (χ2n) is 3.35. The summed E-state index contributed by atoms with van der Waals surface area (Å²) in [7, 11) is 0. The fourth-order valence-electron chi connectivity index (χ4n) is 1.42. The van der Waals surface area contributed by atoms with Gasteiger partial charge < -0.3 is 15.0 Å². The number of H-pyrrole nitrogens is 1. The number of aliphatic hydroxyl groups is 1. The van der Waals surface area contributed by atoms with Gasteiger partial charge in [0, 0.05) is 25.8 Å². The normalized spacial score (nSPS) is 10.3. The van der Waals surface area contributed by atoms with Gasteiger partial charge in [0.2, 0.25) is 0 Å². The molecule has 15 heavy (non-hydrogen) atoms. The number of aromatic nitrogens is 2. The van der Waals surface area contributed by atoms with Crippen molar-refractivity contribution in [1.82, 2.24) is 9.97 Å². The van der Waals surface area contributed by atoms with Crippen LogP contribution in [0.2, 0.25) is 0 Å². The van der Waals surface area contributed by atoms with Crippen molar-refractivity contribution < 1.29 is 5.11 Å². The Labute approximate surface area is 88.8 Å². The molecule has 5 heteroatoms. The molecule has 84 valence electrons. The summed E-state index contributed by atoms with van der Waals surface area (Å²) in [5.41, 5.74) is -0.139. The van der Waals surface area contributed by atoms with Crippen molar-refractivity contribution in [2.75, 3.05) is 24.6 Å². The molecule has 0 aliphatic carbocycles. The molecule has 0 unspecified atom stereocenters. The van der Waals surface area contributed by atoms with Crippen LogP contribution in [0.5, 0.6) is 0 Å².